The maximum absolute atomic E-state index is 11.9. The van der Waals surface area contributed by atoms with E-state index >= 15 is 0 Å². The third kappa shape index (κ3) is 5.10. The number of hydrogen-bond acceptors (Lipinski definition) is 4. The zero-order valence-corrected chi connectivity index (χ0v) is 13.0. The number of nitrogen functional groups attached to an aromatic ring is 1. The highest BCUT2D eigenvalue weighted by molar-refractivity contribution is 5.97. The zero-order valence-electron chi connectivity index (χ0n) is 13.0. The Kier molecular flexibility index (Phi) is 6.72. The number of benzene rings is 1. The molecule has 0 atom stereocenters. The second kappa shape index (κ2) is 8.29. The van der Waals surface area contributed by atoms with E-state index in [1.54, 1.807) is 37.1 Å². The van der Waals surface area contributed by atoms with Crippen molar-refractivity contribution in [2.75, 3.05) is 25.9 Å². The summed E-state index contributed by atoms with van der Waals surface area (Å²) in [6.45, 7) is 4.55. The Morgan fingerprint density at radius 2 is 2.00 bits per heavy atom. The lowest BCUT2D eigenvalue weighted by molar-refractivity contribution is -0.132. The summed E-state index contributed by atoms with van der Waals surface area (Å²) in [5.41, 5.74) is 6.79. The molecule has 1 rings (SSSR count). The Morgan fingerprint density at radius 3 is 2.57 bits per heavy atom. The summed E-state index contributed by atoms with van der Waals surface area (Å²) in [7, 11) is 1.76. The fourth-order valence-electron chi connectivity index (χ4n) is 1.83. The van der Waals surface area contributed by atoms with Crippen LogP contribution in [-0.2, 0) is 4.79 Å². The Morgan fingerprint density at radius 1 is 1.29 bits per heavy atom. The van der Waals surface area contributed by atoms with Gasteiger partial charge in [-0.3, -0.25) is 9.59 Å². The number of carbonyl (C=O) groups excluding carboxylic acids is 2. The van der Waals surface area contributed by atoms with Crippen molar-refractivity contribution in [3.63, 3.8) is 0 Å². The molecule has 5 nitrogen and oxygen atoms in total. The Hall–Kier alpha value is -2.04. The lowest BCUT2D eigenvalue weighted by Crippen LogP contribution is -2.32. The highest BCUT2D eigenvalue weighted by Gasteiger charge is 2.11. The van der Waals surface area contributed by atoms with Gasteiger partial charge in [0.1, 0.15) is 5.75 Å². The molecule has 0 saturated heterocycles. The van der Waals surface area contributed by atoms with Gasteiger partial charge in [0.25, 0.3) is 5.91 Å². The van der Waals surface area contributed by atoms with Crippen LogP contribution in [0.25, 0.3) is 0 Å². The van der Waals surface area contributed by atoms with Gasteiger partial charge in [-0.2, -0.15) is 0 Å². The molecule has 0 heterocycles. The quantitative estimate of drug-likeness (QED) is 0.590. The van der Waals surface area contributed by atoms with Gasteiger partial charge in [-0.1, -0.05) is 20.3 Å². The zero-order chi connectivity index (χ0) is 15.8. The largest absolute Gasteiger partial charge is 0.482 e. The number of hydrogen-bond donors (Lipinski definition) is 1. The molecule has 0 spiro atoms. The van der Waals surface area contributed by atoms with Gasteiger partial charge in [-0.05, 0) is 24.6 Å². The van der Waals surface area contributed by atoms with Crippen molar-refractivity contribution >= 4 is 17.4 Å². The molecule has 2 N–H and O–H groups in total. The van der Waals surface area contributed by atoms with Crippen LogP contribution in [0.2, 0.25) is 0 Å². The summed E-state index contributed by atoms with van der Waals surface area (Å²) in [6, 6.07) is 4.90. The Bertz CT molecular complexity index is 500. The molecule has 0 saturated carbocycles. The van der Waals surface area contributed by atoms with E-state index in [1.165, 1.54) is 0 Å². The molecule has 0 aliphatic carbocycles. The molecule has 0 fully saturated rings. The number of ether oxygens (including phenoxy) is 1. The van der Waals surface area contributed by atoms with Crippen molar-refractivity contribution in [1.29, 1.82) is 0 Å². The molecule has 1 amide bonds. The molecule has 0 aromatic heterocycles. The van der Waals surface area contributed by atoms with Crippen LogP contribution in [0.3, 0.4) is 0 Å². The van der Waals surface area contributed by atoms with Gasteiger partial charge < -0.3 is 15.4 Å². The number of amides is 1. The number of anilines is 1. The number of nitrogens with two attached hydrogens (primary N) is 1. The van der Waals surface area contributed by atoms with Crippen molar-refractivity contribution in [1.82, 2.24) is 4.90 Å². The molecular formula is C16H24N2O3. The molecule has 0 unspecified atom stereocenters. The fraction of sp³-hybridized carbons (Fsp3) is 0.500. The molecule has 116 valence electrons. The summed E-state index contributed by atoms with van der Waals surface area (Å²) < 4.78 is 5.44. The van der Waals surface area contributed by atoms with E-state index in [-0.39, 0.29) is 18.3 Å². The number of carbonyl (C=O) groups is 2. The number of nitrogens with zero attached hydrogens (tertiary/aromatic N) is 1. The first-order valence-electron chi connectivity index (χ1n) is 7.29. The predicted octanol–water partition coefficient (Wildman–Crippen LogP) is 2.50. The lowest BCUT2D eigenvalue weighted by atomic mass is 10.1. The first kappa shape index (κ1) is 17.0. The number of rotatable bonds is 8. The molecule has 1 aromatic rings. The van der Waals surface area contributed by atoms with Gasteiger partial charge >= 0.3 is 0 Å². The van der Waals surface area contributed by atoms with Crippen LogP contribution in [0, 0.1) is 0 Å². The third-order valence-corrected chi connectivity index (χ3v) is 3.28. The van der Waals surface area contributed by atoms with Gasteiger partial charge in [0.2, 0.25) is 0 Å². The summed E-state index contributed by atoms with van der Waals surface area (Å²) in [5, 5.41) is 0. The minimum atomic E-state index is -0.0865. The molecular weight excluding hydrogens is 268 g/mol. The van der Waals surface area contributed by atoms with Crippen molar-refractivity contribution in [3.8, 4) is 5.75 Å². The van der Waals surface area contributed by atoms with E-state index in [2.05, 4.69) is 6.92 Å². The molecule has 21 heavy (non-hydrogen) atoms. The normalized spacial score (nSPS) is 10.2. The monoisotopic (exact) mass is 292 g/mol. The van der Waals surface area contributed by atoms with Crippen LogP contribution in [0.5, 0.6) is 5.75 Å². The highest BCUT2D eigenvalue weighted by Crippen LogP contribution is 2.23. The number of ketones is 1. The van der Waals surface area contributed by atoms with Crippen molar-refractivity contribution in [3.05, 3.63) is 23.8 Å². The topological polar surface area (TPSA) is 72.6 Å². The van der Waals surface area contributed by atoms with E-state index < -0.39 is 0 Å². The van der Waals surface area contributed by atoms with E-state index in [1.807, 2.05) is 0 Å². The van der Waals surface area contributed by atoms with Crippen molar-refractivity contribution in [2.45, 2.75) is 33.1 Å². The molecule has 5 heteroatoms. The lowest BCUT2D eigenvalue weighted by Gasteiger charge is -2.17. The SMILES string of the molecule is CCCCN(C)C(=O)COc1ccc(C(=O)CC)cc1N. The summed E-state index contributed by atoms with van der Waals surface area (Å²) in [5.74, 6) is 0.375. The summed E-state index contributed by atoms with van der Waals surface area (Å²) in [6.07, 6.45) is 2.44. The number of unbranched alkanes of at least 4 members (excludes halogenated alkanes) is 1. The summed E-state index contributed by atoms with van der Waals surface area (Å²) in [4.78, 5) is 25.1. The molecule has 0 radical (unpaired) electrons. The van der Waals surface area contributed by atoms with E-state index in [0.29, 0.717) is 23.4 Å². The van der Waals surface area contributed by atoms with Gasteiger partial charge in [-0.15, -0.1) is 0 Å². The predicted molar refractivity (Wildman–Crippen MR) is 83.5 cm³/mol. The van der Waals surface area contributed by atoms with Crippen LogP contribution >= 0.6 is 0 Å². The maximum atomic E-state index is 11.9. The number of likely N-dealkylation sites (N-methyl/N-ethyl adjacent to an activating group) is 1. The number of Topliss-reactive ketones (excluding diaryl/α,β-unsaturated/α-hetero) is 1. The Balaban J connectivity index is 2.59. The minimum absolute atomic E-state index is 0.0311. The van der Waals surface area contributed by atoms with Gasteiger partial charge in [0, 0.05) is 25.6 Å². The maximum Gasteiger partial charge on any atom is 0.260 e. The van der Waals surface area contributed by atoms with E-state index in [0.717, 1.165) is 19.4 Å². The fourth-order valence-corrected chi connectivity index (χ4v) is 1.83. The van der Waals surface area contributed by atoms with Gasteiger partial charge in [0.05, 0.1) is 5.69 Å². The van der Waals surface area contributed by atoms with Crippen LogP contribution in [0.15, 0.2) is 18.2 Å². The average Bonchev–Trinajstić information content (AvgIpc) is 2.50. The molecule has 0 aliphatic heterocycles. The van der Waals surface area contributed by atoms with Crippen LogP contribution < -0.4 is 10.5 Å². The second-order valence-electron chi connectivity index (χ2n) is 4.99. The average molecular weight is 292 g/mol. The molecule has 1 aromatic carbocycles. The van der Waals surface area contributed by atoms with Gasteiger partial charge in [0.15, 0.2) is 12.4 Å². The van der Waals surface area contributed by atoms with Crippen LogP contribution in [-0.4, -0.2) is 36.8 Å². The standard InChI is InChI=1S/C16H24N2O3/c1-4-6-9-18(3)16(20)11-21-15-8-7-12(10-13(15)17)14(19)5-2/h7-8,10H,4-6,9,11,17H2,1-3H3. The summed E-state index contributed by atoms with van der Waals surface area (Å²) >= 11 is 0. The second-order valence-corrected chi connectivity index (χ2v) is 4.99. The highest BCUT2D eigenvalue weighted by atomic mass is 16.5. The Labute approximate surface area is 126 Å². The smallest absolute Gasteiger partial charge is 0.260 e. The van der Waals surface area contributed by atoms with Crippen molar-refractivity contribution < 1.29 is 14.3 Å². The first-order chi connectivity index (χ1) is 9.99. The van der Waals surface area contributed by atoms with Crippen LogP contribution in [0.4, 0.5) is 5.69 Å². The van der Waals surface area contributed by atoms with Crippen LogP contribution in [0.1, 0.15) is 43.5 Å². The molecule has 0 bridgehead atoms. The minimum Gasteiger partial charge on any atom is -0.482 e. The first-order valence-corrected chi connectivity index (χ1v) is 7.29. The van der Waals surface area contributed by atoms with Crippen molar-refractivity contribution in [2.24, 2.45) is 0 Å². The molecule has 0 aliphatic rings. The third-order valence-electron chi connectivity index (χ3n) is 3.28. The van der Waals surface area contributed by atoms with E-state index in [9.17, 15) is 9.59 Å². The van der Waals surface area contributed by atoms with Gasteiger partial charge in [-0.25, -0.2) is 0 Å². The van der Waals surface area contributed by atoms with E-state index in [4.69, 9.17) is 10.5 Å².